The third kappa shape index (κ3) is 3.80. The Kier molecular flexibility index (Phi) is 4.92. The highest BCUT2D eigenvalue weighted by Crippen LogP contribution is 2.34. The zero-order chi connectivity index (χ0) is 24.9. The first-order chi connectivity index (χ1) is 17.4. The maximum atomic E-state index is 12.4. The van der Waals surface area contributed by atoms with Gasteiger partial charge in [0, 0.05) is 45.2 Å². The lowest BCUT2D eigenvalue weighted by Gasteiger charge is -2.17. The van der Waals surface area contributed by atoms with E-state index in [1.807, 2.05) is 51.1 Å². The van der Waals surface area contributed by atoms with E-state index in [0.29, 0.717) is 5.69 Å². The van der Waals surface area contributed by atoms with Gasteiger partial charge in [-0.05, 0) is 30.3 Å². The molecule has 0 saturated carbocycles. The Morgan fingerprint density at radius 3 is 2.61 bits per heavy atom. The lowest BCUT2D eigenvalue weighted by molar-refractivity contribution is -0.123. The SMILES string of the molecule is CC(C)(C)C(=O)Nc1cncc(-c2cc3c(-c4cc5c(-c6ccoc6)nccc5[nH]4)n[nH]c3cn2)c1. The van der Waals surface area contributed by atoms with Crippen LogP contribution >= 0.6 is 0 Å². The van der Waals surface area contributed by atoms with Crippen molar-refractivity contribution < 1.29 is 9.21 Å². The minimum absolute atomic E-state index is 0.0786. The summed E-state index contributed by atoms with van der Waals surface area (Å²) in [4.78, 5) is 29.3. The second-order valence-electron chi connectivity index (χ2n) is 9.67. The van der Waals surface area contributed by atoms with Crippen LogP contribution in [-0.4, -0.2) is 36.0 Å². The fraction of sp³-hybridized carbons (Fsp3) is 0.148. The minimum atomic E-state index is -0.508. The maximum absolute atomic E-state index is 12.4. The number of hydrogen-bond donors (Lipinski definition) is 3. The highest BCUT2D eigenvalue weighted by molar-refractivity contribution is 6.00. The van der Waals surface area contributed by atoms with Crippen molar-refractivity contribution in [2.45, 2.75) is 20.8 Å². The van der Waals surface area contributed by atoms with Gasteiger partial charge in [0.15, 0.2) is 0 Å². The summed E-state index contributed by atoms with van der Waals surface area (Å²) in [7, 11) is 0. The number of pyridine rings is 3. The van der Waals surface area contributed by atoms with Crippen molar-refractivity contribution in [2.24, 2.45) is 5.41 Å². The molecule has 6 aromatic heterocycles. The first kappa shape index (κ1) is 21.7. The molecule has 178 valence electrons. The number of carbonyl (C=O) groups excluding carboxylic acids is 1. The number of aromatic amines is 2. The molecule has 6 rings (SSSR count). The van der Waals surface area contributed by atoms with Gasteiger partial charge in [-0.25, -0.2) is 0 Å². The summed E-state index contributed by atoms with van der Waals surface area (Å²) in [6, 6.07) is 9.72. The summed E-state index contributed by atoms with van der Waals surface area (Å²) in [5.74, 6) is -0.0786. The smallest absolute Gasteiger partial charge is 0.229 e. The summed E-state index contributed by atoms with van der Waals surface area (Å²) in [5, 5.41) is 12.5. The first-order valence-electron chi connectivity index (χ1n) is 11.5. The van der Waals surface area contributed by atoms with Crippen molar-refractivity contribution in [3.8, 4) is 33.9 Å². The summed E-state index contributed by atoms with van der Waals surface area (Å²) in [6.07, 6.45) is 10.2. The first-order valence-corrected chi connectivity index (χ1v) is 11.5. The Labute approximate surface area is 206 Å². The highest BCUT2D eigenvalue weighted by Gasteiger charge is 2.21. The van der Waals surface area contributed by atoms with Gasteiger partial charge in [-0.3, -0.25) is 24.8 Å². The van der Waals surface area contributed by atoms with Gasteiger partial charge in [0.25, 0.3) is 0 Å². The third-order valence-corrected chi connectivity index (χ3v) is 6.02. The lowest BCUT2D eigenvalue weighted by Crippen LogP contribution is -2.27. The van der Waals surface area contributed by atoms with Gasteiger partial charge in [0.1, 0.15) is 5.69 Å². The van der Waals surface area contributed by atoms with Crippen LogP contribution in [0.15, 0.2) is 72.1 Å². The molecule has 6 heterocycles. The average molecular weight is 478 g/mol. The van der Waals surface area contributed by atoms with Crippen LogP contribution in [0.2, 0.25) is 0 Å². The molecule has 0 saturated heterocycles. The van der Waals surface area contributed by atoms with E-state index < -0.39 is 5.41 Å². The van der Waals surface area contributed by atoms with Gasteiger partial charge in [0.2, 0.25) is 5.91 Å². The van der Waals surface area contributed by atoms with Crippen molar-refractivity contribution in [3.05, 3.63) is 67.6 Å². The second-order valence-corrected chi connectivity index (χ2v) is 9.67. The molecule has 9 heteroatoms. The van der Waals surface area contributed by atoms with Crippen molar-refractivity contribution in [2.75, 3.05) is 5.32 Å². The van der Waals surface area contributed by atoms with E-state index in [9.17, 15) is 4.79 Å². The number of nitrogens with zero attached hydrogens (tertiary/aromatic N) is 4. The molecule has 1 amide bonds. The molecule has 0 aliphatic carbocycles. The van der Waals surface area contributed by atoms with Crippen molar-refractivity contribution in [3.63, 3.8) is 0 Å². The van der Waals surface area contributed by atoms with Crippen LogP contribution in [0.4, 0.5) is 5.69 Å². The highest BCUT2D eigenvalue weighted by atomic mass is 16.3. The molecular weight excluding hydrogens is 454 g/mol. The summed E-state index contributed by atoms with van der Waals surface area (Å²) in [6.45, 7) is 5.61. The van der Waals surface area contributed by atoms with Crippen LogP contribution in [0.3, 0.4) is 0 Å². The predicted molar refractivity (Wildman–Crippen MR) is 138 cm³/mol. The van der Waals surface area contributed by atoms with Gasteiger partial charge < -0.3 is 14.7 Å². The van der Waals surface area contributed by atoms with Crippen molar-refractivity contribution >= 4 is 33.4 Å². The topological polar surface area (TPSA) is 125 Å². The number of carbonyl (C=O) groups is 1. The second kappa shape index (κ2) is 8.16. The third-order valence-electron chi connectivity index (χ3n) is 6.02. The standard InChI is InChI=1S/C27H23N7O2/c1-27(2,3)26(35)31-17-8-16(11-28-12-17)21-9-19-23(13-30-21)33-34-25(19)22-10-18-20(32-22)4-6-29-24(18)15-5-7-36-14-15/h4-14,32H,1-3H3,(H,31,35)(H,33,34). The van der Waals surface area contributed by atoms with Crippen LogP contribution in [0.25, 0.3) is 55.7 Å². The molecule has 0 aromatic carbocycles. The van der Waals surface area contributed by atoms with Crippen LogP contribution < -0.4 is 5.32 Å². The molecule has 3 N–H and O–H groups in total. The molecule has 0 radical (unpaired) electrons. The Morgan fingerprint density at radius 2 is 1.81 bits per heavy atom. The number of fused-ring (bicyclic) bond motifs is 2. The fourth-order valence-corrected chi connectivity index (χ4v) is 4.06. The van der Waals surface area contributed by atoms with E-state index in [1.54, 1.807) is 37.3 Å². The minimum Gasteiger partial charge on any atom is -0.472 e. The number of nitrogens with one attached hydrogen (secondary N) is 3. The van der Waals surface area contributed by atoms with Gasteiger partial charge in [0.05, 0.1) is 53.2 Å². The number of H-pyrrole nitrogens is 2. The van der Waals surface area contributed by atoms with Crippen LogP contribution in [0, 0.1) is 5.41 Å². The largest absolute Gasteiger partial charge is 0.472 e. The zero-order valence-corrected chi connectivity index (χ0v) is 20.0. The van der Waals surface area contributed by atoms with Gasteiger partial charge in [-0.15, -0.1) is 0 Å². The van der Waals surface area contributed by atoms with E-state index in [2.05, 4.69) is 35.5 Å². The Hall–Kier alpha value is -4.79. The maximum Gasteiger partial charge on any atom is 0.229 e. The Balaban J connectivity index is 1.40. The number of amides is 1. The molecule has 0 atom stereocenters. The average Bonchev–Trinajstić information content (AvgIpc) is 3.62. The molecular formula is C27H23N7O2. The lowest BCUT2D eigenvalue weighted by atomic mass is 9.95. The number of anilines is 1. The van der Waals surface area contributed by atoms with Crippen molar-refractivity contribution in [1.82, 2.24) is 30.1 Å². The number of furan rings is 1. The van der Waals surface area contributed by atoms with Gasteiger partial charge in [-0.2, -0.15) is 5.10 Å². The normalized spacial score (nSPS) is 11.9. The molecule has 0 unspecified atom stereocenters. The van der Waals surface area contributed by atoms with Crippen LogP contribution in [0.1, 0.15) is 20.8 Å². The molecule has 0 aliphatic heterocycles. The van der Waals surface area contributed by atoms with Gasteiger partial charge >= 0.3 is 0 Å². The number of hydrogen-bond acceptors (Lipinski definition) is 6. The van der Waals surface area contributed by atoms with E-state index in [-0.39, 0.29) is 5.91 Å². The van der Waals surface area contributed by atoms with E-state index >= 15 is 0 Å². The molecule has 0 bridgehead atoms. The van der Waals surface area contributed by atoms with Crippen molar-refractivity contribution in [1.29, 1.82) is 0 Å². The molecule has 36 heavy (non-hydrogen) atoms. The van der Waals surface area contributed by atoms with E-state index in [0.717, 1.165) is 55.7 Å². The summed E-state index contributed by atoms with van der Waals surface area (Å²) < 4.78 is 5.25. The summed E-state index contributed by atoms with van der Waals surface area (Å²) >= 11 is 0. The quantitative estimate of drug-likeness (QED) is 0.294. The monoisotopic (exact) mass is 477 g/mol. The summed E-state index contributed by atoms with van der Waals surface area (Å²) in [5.41, 5.74) is 6.77. The number of rotatable bonds is 4. The molecule has 6 aromatic rings. The van der Waals surface area contributed by atoms with E-state index in [1.165, 1.54) is 0 Å². The molecule has 0 spiro atoms. The fourth-order valence-electron chi connectivity index (χ4n) is 4.06. The molecule has 0 aliphatic rings. The predicted octanol–water partition coefficient (Wildman–Crippen LogP) is 5.81. The van der Waals surface area contributed by atoms with Gasteiger partial charge in [-0.1, -0.05) is 20.8 Å². The molecule has 9 nitrogen and oxygen atoms in total. The Bertz CT molecular complexity index is 1720. The molecule has 0 fully saturated rings. The number of aromatic nitrogens is 6. The Morgan fingerprint density at radius 1 is 0.944 bits per heavy atom. The zero-order valence-electron chi connectivity index (χ0n) is 20.0. The van der Waals surface area contributed by atoms with E-state index in [4.69, 9.17) is 4.42 Å². The van der Waals surface area contributed by atoms with Crippen LogP contribution in [-0.2, 0) is 4.79 Å². The van der Waals surface area contributed by atoms with Crippen LogP contribution in [0.5, 0.6) is 0 Å².